The molecule has 0 amide bonds. The van der Waals surface area contributed by atoms with E-state index < -0.39 is 0 Å². The van der Waals surface area contributed by atoms with Gasteiger partial charge < -0.3 is 4.74 Å². The molecular formula is C15H18O2. The Morgan fingerprint density at radius 2 is 2.18 bits per heavy atom. The van der Waals surface area contributed by atoms with Crippen molar-refractivity contribution in [1.29, 1.82) is 0 Å². The molecule has 2 heteroatoms. The fourth-order valence-corrected chi connectivity index (χ4v) is 3.52. The maximum absolute atomic E-state index is 11.6. The van der Waals surface area contributed by atoms with Gasteiger partial charge in [0, 0.05) is 16.6 Å². The zero-order valence-electron chi connectivity index (χ0n) is 10.7. The molecule has 3 rings (SSSR count). The SMILES string of the molecule is CC1=CC2=C(C)C(=O)OC2=C[C@]12CCC[C@@H]2C. The highest BCUT2D eigenvalue weighted by Crippen LogP contribution is 2.53. The van der Waals surface area contributed by atoms with Gasteiger partial charge >= 0.3 is 5.97 Å². The molecule has 0 bridgehead atoms. The highest BCUT2D eigenvalue weighted by atomic mass is 16.5. The van der Waals surface area contributed by atoms with Crippen LogP contribution in [0.4, 0.5) is 0 Å². The second kappa shape index (κ2) is 3.34. The van der Waals surface area contributed by atoms with Gasteiger partial charge in [-0.05, 0) is 38.7 Å². The molecule has 0 aromatic heterocycles. The molecule has 1 aliphatic heterocycles. The minimum atomic E-state index is -0.182. The maximum atomic E-state index is 11.6. The summed E-state index contributed by atoms with van der Waals surface area (Å²) in [6.07, 6.45) is 8.09. The van der Waals surface area contributed by atoms with E-state index in [9.17, 15) is 4.79 Å². The van der Waals surface area contributed by atoms with E-state index in [2.05, 4.69) is 26.0 Å². The largest absolute Gasteiger partial charge is 0.423 e. The van der Waals surface area contributed by atoms with Crippen molar-refractivity contribution in [2.75, 3.05) is 0 Å². The number of fused-ring (bicyclic) bond motifs is 1. The molecule has 0 radical (unpaired) electrons. The van der Waals surface area contributed by atoms with Crippen LogP contribution in [0.15, 0.2) is 34.6 Å². The minimum Gasteiger partial charge on any atom is -0.423 e. The van der Waals surface area contributed by atoms with Gasteiger partial charge in [0.25, 0.3) is 0 Å². The molecule has 2 aliphatic carbocycles. The molecule has 0 aromatic carbocycles. The van der Waals surface area contributed by atoms with E-state index in [0.717, 1.165) is 16.9 Å². The van der Waals surface area contributed by atoms with Gasteiger partial charge in [0.1, 0.15) is 5.76 Å². The van der Waals surface area contributed by atoms with Crippen LogP contribution in [-0.2, 0) is 9.53 Å². The standard InChI is InChI=1S/C15H18O2/c1-9-5-4-6-15(9)8-13-12(7-10(15)2)11(3)14(16)17-13/h7-9H,4-6H2,1-3H3/t9-,15-/m0/s1. The molecule has 1 fully saturated rings. The fraction of sp³-hybridized carbons (Fsp3) is 0.533. The van der Waals surface area contributed by atoms with Crippen molar-refractivity contribution >= 4 is 5.97 Å². The van der Waals surface area contributed by atoms with Gasteiger partial charge in [0.05, 0.1) is 0 Å². The Hall–Kier alpha value is -1.31. The number of allylic oxidation sites excluding steroid dienone is 3. The fourth-order valence-electron chi connectivity index (χ4n) is 3.52. The average Bonchev–Trinajstić information content (AvgIpc) is 2.76. The Balaban J connectivity index is 2.13. The molecule has 1 heterocycles. The summed E-state index contributed by atoms with van der Waals surface area (Å²) in [5.41, 5.74) is 3.27. The molecule has 0 N–H and O–H groups in total. The van der Waals surface area contributed by atoms with Gasteiger partial charge in [-0.15, -0.1) is 0 Å². The van der Waals surface area contributed by atoms with E-state index in [1.165, 1.54) is 24.8 Å². The summed E-state index contributed by atoms with van der Waals surface area (Å²) in [5.74, 6) is 1.26. The quantitative estimate of drug-likeness (QED) is 0.595. The molecule has 2 atom stereocenters. The number of carbonyl (C=O) groups is 1. The summed E-state index contributed by atoms with van der Waals surface area (Å²) in [7, 11) is 0. The van der Waals surface area contributed by atoms with Crippen LogP contribution in [0.3, 0.4) is 0 Å². The third-order valence-electron chi connectivity index (χ3n) is 4.77. The topological polar surface area (TPSA) is 26.3 Å². The van der Waals surface area contributed by atoms with E-state index in [1.54, 1.807) is 0 Å². The Morgan fingerprint density at radius 1 is 1.41 bits per heavy atom. The molecular weight excluding hydrogens is 212 g/mol. The van der Waals surface area contributed by atoms with Gasteiger partial charge in [-0.1, -0.05) is 25.0 Å². The lowest BCUT2D eigenvalue weighted by atomic mass is 9.69. The van der Waals surface area contributed by atoms with Crippen LogP contribution in [0.2, 0.25) is 0 Å². The first-order valence-corrected chi connectivity index (χ1v) is 6.39. The van der Waals surface area contributed by atoms with Crippen molar-refractivity contribution in [1.82, 2.24) is 0 Å². The molecule has 17 heavy (non-hydrogen) atoms. The summed E-state index contributed by atoms with van der Waals surface area (Å²) in [4.78, 5) is 11.6. The lowest BCUT2D eigenvalue weighted by molar-refractivity contribution is -0.133. The molecule has 0 unspecified atom stereocenters. The summed E-state index contributed by atoms with van der Waals surface area (Å²) in [6.45, 7) is 6.34. The van der Waals surface area contributed by atoms with Gasteiger partial charge in [0.15, 0.2) is 0 Å². The van der Waals surface area contributed by atoms with Crippen molar-refractivity contribution in [3.8, 4) is 0 Å². The van der Waals surface area contributed by atoms with Crippen LogP contribution < -0.4 is 0 Å². The predicted molar refractivity (Wildman–Crippen MR) is 66.1 cm³/mol. The van der Waals surface area contributed by atoms with Crippen LogP contribution >= 0.6 is 0 Å². The van der Waals surface area contributed by atoms with E-state index in [4.69, 9.17) is 4.74 Å². The van der Waals surface area contributed by atoms with Crippen LogP contribution in [-0.4, -0.2) is 5.97 Å². The normalized spacial score (nSPS) is 35.9. The first kappa shape index (κ1) is 10.8. The molecule has 3 aliphatic rings. The first-order chi connectivity index (χ1) is 8.04. The van der Waals surface area contributed by atoms with Crippen LogP contribution in [0.1, 0.15) is 40.0 Å². The lowest BCUT2D eigenvalue weighted by Crippen LogP contribution is -2.25. The highest BCUT2D eigenvalue weighted by molar-refractivity contribution is 5.95. The second-order valence-corrected chi connectivity index (χ2v) is 5.60. The van der Waals surface area contributed by atoms with Gasteiger partial charge in [-0.25, -0.2) is 4.79 Å². The van der Waals surface area contributed by atoms with Crippen molar-refractivity contribution < 1.29 is 9.53 Å². The zero-order chi connectivity index (χ0) is 12.2. The van der Waals surface area contributed by atoms with Crippen molar-refractivity contribution in [2.24, 2.45) is 11.3 Å². The van der Waals surface area contributed by atoms with Gasteiger partial charge in [-0.2, -0.15) is 0 Å². The molecule has 1 saturated carbocycles. The number of hydrogen-bond donors (Lipinski definition) is 0. The zero-order valence-corrected chi connectivity index (χ0v) is 10.7. The third-order valence-corrected chi connectivity index (χ3v) is 4.77. The highest BCUT2D eigenvalue weighted by Gasteiger charge is 2.44. The third kappa shape index (κ3) is 1.30. The summed E-state index contributed by atoms with van der Waals surface area (Å²) in [6, 6.07) is 0. The van der Waals surface area contributed by atoms with E-state index in [-0.39, 0.29) is 11.4 Å². The Kier molecular flexibility index (Phi) is 2.13. The molecule has 90 valence electrons. The number of ether oxygens (including phenoxy) is 1. The molecule has 1 spiro atoms. The summed E-state index contributed by atoms with van der Waals surface area (Å²) >= 11 is 0. The minimum absolute atomic E-state index is 0.143. The van der Waals surface area contributed by atoms with Crippen molar-refractivity contribution in [3.63, 3.8) is 0 Å². The molecule has 0 aromatic rings. The van der Waals surface area contributed by atoms with E-state index in [0.29, 0.717) is 5.92 Å². The second-order valence-electron chi connectivity index (χ2n) is 5.60. The number of esters is 1. The smallest absolute Gasteiger partial charge is 0.339 e. The van der Waals surface area contributed by atoms with Gasteiger partial charge in [-0.3, -0.25) is 0 Å². The summed E-state index contributed by atoms with van der Waals surface area (Å²) < 4.78 is 5.36. The maximum Gasteiger partial charge on any atom is 0.339 e. The monoisotopic (exact) mass is 230 g/mol. The van der Waals surface area contributed by atoms with Crippen LogP contribution in [0.5, 0.6) is 0 Å². The molecule has 0 saturated heterocycles. The molecule has 2 nitrogen and oxygen atoms in total. The van der Waals surface area contributed by atoms with Crippen molar-refractivity contribution in [3.05, 3.63) is 34.6 Å². The van der Waals surface area contributed by atoms with Crippen LogP contribution in [0.25, 0.3) is 0 Å². The van der Waals surface area contributed by atoms with Crippen LogP contribution in [0, 0.1) is 11.3 Å². The average molecular weight is 230 g/mol. The first-order valence-electron chi connectivity index (χ1n) is 6.39. The van der Waals surface area contributed by atoms with E-state index >= 15 is 0 Å². The van der Waals surface area contributed by atoms with Crippen molar-refractivity contribution in [2.45, 2.75) is 40.0 Å². The van der Waals surface area contributed by atoms with E-state index in [1.807, 2.05) is 6.92 Å². The Bertz CT molecular complexity index is 493. The Morgan fingerprint density at radius 3 is 2.82 bits per heavy atom. The number of rotatable bonds is 0. The Labute approximate surface area is 102 Å². The van der Waals surface area contributed by atoms with Gasteiger partial charge in [0.2, 0.25) is 0 Å². The predicted octanol–water partition coefficient (Wildman–Crippen LogP) is 3.51. The number of carbonyl (C=O) groups excluding carboxylic acids is 1. The number of hydrogen-bond acceptors (Lipinski definition) is 2. The summed E-state index contributed by atoms with van der Waals surface area (Å²) in [5, 5.41) is 0. The lowest BCUT2D eigenvalue weighted by Gasteiger charge is -2.35.